The molecule has 27 heavy (non-hydrogen) atoms. The Morgan fingerprint density at radius 3 is 2.70 bits per heavy atom. The molecule has 4 rings (SSSR count). The van der Waals surface area contributed by atoms with Crippen LogP contribution in [0.1, 0.15) is 30.1 Å². The number of aryl methyl sites for hydroxylation is 1. The fourth-order valence-electron chi connectivity index (χ4n) is 4.03. The van der Waals surface area contributed by atoms with Crippen LogP contribution in [-0.2, 0) is 11.8 Å². The molecule has 1 atom stereocenters. The number of fused-ring (bicyclic) bond motifs is 1. The van der Waals surface area contributed by atoms with Gasteiger partial charge in [-0.25, -0.2) is 4.98 Å². The van der Waals surface area contributed by atoms with Gasteiger partial charge in [0.05, 0.1) is 24.2 Å². The third-order valence-electron chi connectivity index (χ3n) is 5.74. The number of imidazole rings is 1. The highest BCUT2D eigenvalue weighted by Crippen LogP contribution is 2.23. The molecule has 0 radical (unpaired) electrons. The molecular weight excluding hydrogens is 342 g/mol. The monoisotopic (exact) mass is 371 g/mol. The molecule has 7 nitrogen and oxygen atoms in total. The van der Waals surface area contributed by atoms with Gasteiger partial charge >= 0.3 is 0 Å². The van der Waals surface area contributed by atoms with Gasteiger partial charge in [0.2, 0.25) is 5.95 Å². The first-order valence-corrected chi connectivity index (χ1v) is 9.95. The number of benzene rings is 1. The molecule has 0 unspecified atom stereocenters. The maximum atomic E-state index is 12.6. The van der Waals surface area contributed by atoms with E-state index in [0.717, 1.165) is 56.4 Å². The third-order valence-corrected chi connectivity index (χ3v) is 5.74. The first-order valence-electron chi connectivity index (χ1n) is 9.95. The molecule has 7 heteroatoms. The van der Waals surface area contributed by atoms with Gasteiger partial charge in [-0.05, 0) is 51.1 Å². The minimum Gasteiger partial charge on any atom is -0.378 e. The molecule has 1 aromatic heterocycles. The zero-order valence-corrected chi connectivity index (χ0v) is 16.3. The Labute approximate surface area is 160 Å². The maximum absolute atomic E-state index is 12.6. The number of hydrogen-bond donors (Lipinski definition) is 1. The Bertz CT molecular complexity index is 806. The van der Waals surface area contributed by atoms with E-state index in [1.54, 1.807) is 0 Å². The number of carbonyl (C=O) groups is 1. The zero-order chi connectivity index (χ0) is 18.8. The number of ether oxygens (including phenoxy) is 1. The molecule has 0 bridgehead atoms. The van der Waals surface area contributed by atoms with Gasteiger partial charge in [0.1, 0.15) is 0 Å². The van der Waals surface area contributed by atoms with Gasteiger partial charge in [-0.15, -0.1) is 0 Å². The van der Waals surface area contributed by atoms with E-state index in [2.05, 4.69) is 26.6 Å². The van der Waals surface area contributed by atoms with Crippen molar-refractivity contribution in [3.8, 4) is 0 Å². The van der Waals surface area contributed by atoms with Crippen LogP contribution in [0.15, 0.2) is 18.2 Å². The molecule has 1 aromatic carbocycles. The molecule has 0 saturated carbocycles. The summed E-state index contributed by atoms with van der Waals surface area (Å²) in [7, 11) is 2.03. The van der Waals surface area contributed by atoms with E-state index in [4.69, 9.17) is 9.72 Å². The first kappa shape index (κ1) is 18.3. The first-order chi connectivity index (χ1) is 13.1. The van der Waals surface area contributed by atoms with Crippen molar-refractivity contribution in [3.63, 3.8) is 0 Å². The number of rotatable bonds is 5. The van der Waals surface area contributed by atoms with E-state index in [0.29, 0.717) is 18.2 Å². The van der Waals surface area contributed by atoms with E-state index >= 15 is 0 Å². The second-order valence-electron chi connectivity index (χ2n) is 7.58. The molecule has 0 aliphatic carbocycles. The molecule has 2 aromatic rings. The SMILES string of the molecule is C[C@@H](CNC(=O)c1ccc2c(c1)nc(N1CCOCC1)n2C)N1CCCC1. The number of hydrogen-bond acceptors (Lipinski definition) is 5. The van der Waals surface area contributed by atoms with Crippen molar-refractivity contribution in [1.82, 2.24) is 19.8 Å². The quantitative estimate of drug-likeness (QED) is 0.865. The van der Waals surface area contributed by atoms with Gasteiger partial charge < -0.3 is 19.5 Å². The number of anilines is 1. The minimum absolute atomic E-state index is 0.0264. The lowest BCUT2D eigenvalue weighted by Crippen LogP contribution is -2.40. The van der Waals surface area contributed by atoms with Crippen molar-refractivity contribution in [3.05, 3.63) is 23.8 Å². The minimum atomic E-state index is -0.0264. The molecule has 146 valence electrons. The van der Waals surface area contributed by atoms with E-state index in [1.807, 2.05) is 25.2 Å². The van der Waals surface area contributed by atoms with Gasteiger partial charge in [-0.3, -0.25) is 9.69 Å². The molecule has 2 fully saturated rings. The summed E-state index contributed by atoms with van der Waals surface area (Å²) >= 11 is 0. The zero-order valence-electron chi connectivity index (χ0n) is 16.3. The smallest absolute Gasteiger partial charge is 0.251 e. The lowest BCUT2D eigenvalue weighted by molar-refractivity contribution is 0.0940. The van der Waals surface area contributed by atoms with Gasteiger partial charge in [-0.2, -0.15) is 0 Å². The predicted octanol–water partition coefficient (Wildman–Crippen LogP) is 1.62. The highest BCUT2D eigenvalue weighted by molar-refractivity contribution is 5.97. The standard InChI is InChI=1S/C20H29N5O2/c1-15(24-7-3-4-8-24)14-21-19(26)16-5-6-18-17(13-16)22-20(23(18)2)25-9-11-27-12-10-25/h5-6,13,15H,3-4,7-12,14H2,1-2H3,(H,21,26)/t15-/m0/s1. The highest BCUT2D eigenvalue weighted by atomic mass is 16.5. The summed E-state index contributed by atoms with van der Waals surface area (Å²) in [5.74, 6) is 0.912. The maximum Gasteiger partial charge on any atom is 0.251 e. The Hall–Kier alpha value is -2.12. The number of nitrogens with one attached hydrogen (secondary N) is 1. The molecule has 2 aliphatic heterocycles. The number of amides is 1. The van der Waals surface area contributed by atoms with Crippen molar-refractivity contribution >= 4 is 22.9 Å². The average Bonchev–Trinajstić information content (AvgIpc) is 3.35. The summed E-state index contributed by atoms with van der Waals surface area (Å²) in [6.07, 6.45) is 2.53. The van der Waals surface area contributed by atoms with Crippen LogP contribution in [0.25, 0.3) is 11.0 Å². The average molecular weight is 371 g/mol. The number of likely N-dealkylation sites (tertiary alicyclic amines) is 1. The molecular formula is C20H29N5O2. The van der Waals surface area contributed by atoms with Crippen LogP contribution in [0.3, 0.4) is 0 Å². The van der Waals surface area contributed by atoms with Crippen LogP contribution >= 0.6 is 0 Å². The molecule has 1 amide bonds. The van der Waals surface area contributed by atoms with Crippen LogP contribution in [-0.4, -0.2) is 72.3 Å². The highest BCUT2D eigenvalue weighted by Gasteiger charge is 2.20. The number of morpholine rings is 1. The van der Waals surface area contributed by atoms with Gasteiger partial charge in [-0.1, -0.05) is 0 Å². The lowest BCUT2D eigenvalue weighted by Gasteiger charge is -2.27. The van der Waals surface area contributed by atoms with Gasteiger partial charge in [0.15, 0.2) is 0 Å². The lowest BCUT2D eigenvalue weighted by atomic mass is 10.2. The van der Waals surface area contributed by atoms with E-state index in [1.165, 1.54) is 12.8 Å². The summed E-state index contributed by atoms with van der Waals surface area (Å²) in [5, 5.41) is 3.08. The third kappa shape index (κ3) is 3.80. The summed E-state index contributed by atoms with van der Waals surface area (Å²) in [4.78, 5) is 22.1. The predicted molar refractivity (Wildman–Crippen MR) is 106 cm³/mol. The summed E-state index contributed by atoms with van der Waals surface area (Å²) < 4.78 is 7.53. The Kier molecular flexibility index (Phi) is 5.31. The van der Waals surface area contributed by atoms with Crippen molar-refractivity contribution < 1.29 is 9.53 Å². The van der Waals surface area contributed by atoms with Crippen LogP contribution in [0.5, 0.6) is 0 Å². The molecule has 3 heterocycles. The van der Waals surface area contributed by atoms with E-state index < -0.39 is 0 Å². The van der Waals surface area contributed by atoms with Crippen molar-refractivity contribution in [1.29, 1.82) is 0 Å². The van der Waals surface area contributed by atoms with Crippen LogP contribution in [0.4, 0.5) is 5.95 Å². The van der Waals surface area contributed by atoms with E-state index in [9.17, 15) is 4.79 Å². The molecule has 1 N–H and O–H groups in total. The Balaban J connectivity index is 1.46. The van der Waals surface area contributed by atoms with E-state index in [-0.39, 0.29) is 5.91 Å². The van der Waals surface area contributed by atoms with Crippen molar-refractivity contribution in [2.24, 2.45) is 7.05 Å². The number of aromatic nitrogens is 2. The molecule has 2 aliphatic rings. The fraction of sp³-hybridized carbons (Fsp3) is 0.600. The second kappa shape index (κ2) is 7.86. The van der Waals surface area contributed by atoms with Gasteiger partial charge in [0.25, 0.3) is 5.91 Å². The fourth-order valence-corrected chi connectivity index (χ4v) is 4.03. The number of nitrogens with zero attached hydrogens (tertiary/aromatic N) is 4. The Morgan fingerprint density at radius 1 is 1.22 bits per heavy atom. The van der Waals surface area contributed by atoms with Crippen molar-refractivity contribution in [2.75, 3.05) is 50.8 Å². The Morgan fingerprint density at radius 2 is 1.96 bits per heavy atom. The van der Waals surface area contributed by atoms with Crippen LogP contribution in [0.2, 0.25) is 0 Å². The number of carbonyl (C=O) groups excluding carboxylic acids is 1. The summed E-state index contributed by atoms with van der Waals surface area (Å²) in [6.45, 7) is 8.29. The van der Waals surface area contributed by atoms with Crippen molar-refractivity contribution in [2.45, 2.75) is 25.8 Å². The summed E-state index contributed by atoms with van der Waals surface area (Å²) in [5.41, 5.74) is 2.57. The topological polar surface area (TPSA) is 62.6 Å². The largest absolute Gasteiger partial charge is 0.378 e. The summed E-state index contributed by atoms with van der Waals surface area (Å²) in [6, 6.07) is 6.16. The molecule has 2 saturated heterocycles. The van der Waals surface area contributed by atoms with Gasteiger partial charge in [0, 0.05) is 38.3 Å². The molecule has 0 spiro atoms. The normalized spacial score (nSPS) is 19.6. The van der Waals surface area contributed by atoms with Crippen LogP contribution in [0, 0.1) is 0 Å². The van der Waals surface area contributed by atoms with Crippen LogP contribution < -0.4 is 10.2 Å². The second-order valence-corrected chi connectivity index (χ2v) is 7.58.